The standard InChI is InChI=1S/C24H34N8O2/c1-5-6-11-34-24-28-20(25)22-27-15-19(32(22)29-24)13-17-12-16(2)21(26-14-17)31-9-7-18(8-10-31)23(33)30(3)4/h12,14-15,18H,5-11,13H2,1-4H3,(H2,25,28,29). The van der Waals surface area contributed by atoms with Gasteiger partial charge in [0.15, 0.2) is 11.5 Å². The third-order valence-electron chi connectivity index (χ3n) is 6.25. The van der Waals surface area contributed by atoms with Gasteiger partial charge < -0.3 is 20.3 Å². The van der Waals surface area contributed by atoms with Crippen LogP contribution in [0.5, 0.6) is 6.01 Å². The quantitative estimate of drug-likeness (QED) is 0.504. The zero-order valence-corrected chi connectivity index (χ0v) is 20.5. The minimum atomic E-state index is 0.103. The van der Waals surface area contributed by atoms with E-state index in [0.717, 1.165) is 61.4 Å². The Hall–Kier alpha value is -3.43. The maximum absolute atomic E-state index is 12.3. The average molecular weight is 467 g/mol. The van der Waals surface area contributed by atoms with E-state index in [-0.39, 0.29) is 17.8 Å². The van der Waals surface area contributed by atoms with Crippen LogP contribution < -0.4 is 15.4 Å². The number of rotatable bonds is 8. The van der Waals surface area contributed by atoms with Crippen molar-refractivity contribution in [2.24, 2.45) is 5.92 Å². The van der Waals surface area contributed by atoms with Gasteiger partial charge in [-0.25, -0.2) is 14.5 Å². The molecule has 1 fully saturated rings. The first-order valence-corrected chi connectivity index (χ1v) is 11.9. The van der Waals surface area contributed by atoms with Crippen molar-refractivity contribution in [3.05, 3.63) is 35.3 Å². The van der Waals surface area contributed by atoms with Gasteiger partial charge in [0.1, 0.15) is 5.82 Å². The number of nitrogens with two attached hydrogens (primary N) is 1. The molecule has 1 saturated heterocycles. The van der Waals surface area contributed by atoms with E-state index in [1.807, 2.05) is 20.3 Å². The van der Waals surface area contributed by atoms with Crippen LogP contribution in [0.2, 0.25) is 0 Å². The molecule has 34 heavy (non-hydrogen) atoms. The number of carbonyl (C=O) groups is 1. The molecule has 0 saturated carbocycles. The van der Waals surface area contributed by atoms with Crippen LogP contribution in [-0.2, 0) is 11.2 Å². The van der Waals surface area contributed by atoms with Crippen molar-refractivity contribution in [3.63, 3.8) is 0 Å². The summed E-state index contributed by atoms with van der Waals surface area (Å²) in [6.07, 6.45) is 7.95. The van der Waals surface area contributed by atoms with Gasteiger partial charge in [-0.05, 0) is 37.3 Å². The second kappa shape index (κ2) is 10.2. The molecule has 0 radical (unpaired) electrons. The molecule has 1 aliphatic heterocycles. The van der Waals surface area contributed by atoms with Crippen molar-refractivity contribution in [1.82, 2.24) is 29.5 Å². The summed E-state index contributed by atoms with van der Waals surface area (Å²) < 4.78 is 7.36. The highest BCUT2D eigenvalue weighted by Crippen LogP contribution is 2.26. The topological polar surface area (TPSA) is 115 Å². The first-order valence-electron chi connectivity index (χ1n) is 11.9. The van der Waals surface area contributed by atoms with Crippen LogP contribution in [0.3, 0.4) is 0 Å². The molecule has 4 rings (SSSR count). The zero-order chi connectivity index (χ0) is 24.2. The van der Waals surface area contributed by atoms with E-state index < -0.39 is 0 Å². The molecule has 0 bridgehead atoms. The lowest BCUT2D eigenvalue weighted by Gasteiger charge is -2.34. The molecule has 0 atom stereocenters. The predicted molar refractivity (Wildman–Crippen MR) is 131 cm³/mol. The van der Waals surface area contributed by atoms with Crippen molar-refractivity contribution in [2.45, 2.75) is 46.0 Å². The molecule has 1 aliphatic rings. The monoisotopic (exact) mass is 466 g/mol. The molecule has 0 aliphatic carbocycles. The molecular formula is C24H34N8O2. The van der Waals surface area contributed by atoms with Gasteiger partial charge in [0.05, 0.1) is 18.5 Å². The number of unbranched alkanes of at least 4 members (excludes halogenated alkanes) is 1. The Morgan fingerprint density at radius 1 is 1.24 bits per heavy atom. The minimum Gasteiger partial charge on any atom is -0.462 e. The number of anilines is 2. The lowest BCUT2D eigenvalue weighted by atomic mass is 9.95. The second-order valence-corrected chi connectivity index (χ2v) is 9.12. The van der Waals surface area contributed by atoms with Crippen LogP contribution in [0.4, 0.5) is 11.6 Å². The summed E-state index contributed by atoms with van der Waals surface area (Å²) in [7, 11) is 3.65. The highest BCUT2D eigenvalue weighted by atomic mass is 16.5. The number of carbonyl (C=O) groups excluding carboxylic acids is 1. The van der Waals surface area contributed by atoms with Crippen molar-refractivity contribution in [3.8, 4) is 6.01 Å². The number of nitrogen functional groups attached to an aromatic ring is 1. The molecular weight excluding hydrogens is 432 g/mol. The molecule has 3 aromatic heterocycles. The number of fused-ring (bicyclic) bond motifs is 1. The van der Waals surface area contributed by atoms with E-state index in [9.17, 15) is 4.79 Å². The maximum Gasteiger partial charge on any atom is 0.336 e. The van der Waals surface area contributed by atoms with Gasteiger partial charge in [-0.3, -0.25) is 4.79 Å². The Kier molecular flexibility index (Phi) is 7.14. The lowest BCUT2D eigenvalue weighted by Crippen LogP contribution is -2.40. The molecule has 0 unspecified atom stereocenters. The first-order chi connectivity index (χ1) is 16.4. The number of amides is 1. The lowest BCUT2D eigenvalue weighted by molar-refractivity contribution is -0.133. The van der Waals surface area contributed by atoms with E-state index in [1.54, 1.807) is 15.6 Å². The van der Waals surface area contributed by atoms with Gasteiger partial charge in [0, 0.05) is 45.7 Å². The van der Waals surface area contributed by atoms with E-state index >= 15 is 0 Å². The molecule has 1 amide bonds. The second-order valence-electron chi connectivity index (χ2n) is 9.12. The van der Waals surface area contributed by atoms with E-state index in [0.29, 0.717) is 24.5 Å². The highest BCUT2D eigenvalue weighted by molar-refractivity contribution is 5.78. The fourth-order valence-electron chi connectivity index (χ4n) is 4.38. The van der Waals surface area contributed by atoms with Gasteiger partial charge in [-0.15, -0.1) is 5.10 Å². The number of pyridine rings is 1. The Morgan fingerprint density at radius 2 is 2.00 bits per heavy atom. The predicted octanol–water partition coefficient (Wildman–Crippen LogP) is 2.48. The fraction of sp³-hybridized carbons (Fsp3) is 0.542. The van der Waals surface area contributed by atoms with Gasteiger partial charge in [0.25, 0.3) is 0 Å². The normalized spacial score (nSPS) is 14.5. The van der Waals surface area contributed by atoms with Crippen molar-refractivity contribution >= 4 is 23.2 Å². The SMILES string of the molecule is CCCCOc1nc(N)c2ncc(Cc3cnc(N4CCC(C(=O)N(C)C)CC4)c(C)c3)n2n1. The number of imidazole rings is 1. The number of ether oxygens (including phenoxy) is 1. The number of aryl methyl sites for hydroxylation is 1. The van der Waals surface area contributed by atoms with E-state index in [4.69, 9.17) is 15.5 Å². The van der Waals surface area contributed by atoms with Crippen LogP contribution >= 0.6 is 0 Å². The summed E-state index contributed by atoms with van der Waals surface area (Å²) in [6.45, 7) is 6.41. The van der Waals surface area contributed by atoms with E-state index in [2.05, 4.69) is 39.9 Å². The molecule has 10 heteroatoms. The summed E-state index contributed by atoms with van der Waals surface area (Å²) in [5, 5.41) is 4.49. The Morgan fingerprint density at radius 3 is 2.68 bits per heavy atom. The summed E-state index contributed by atoms with van der Waals surface area (Å²) >= 11 is 0. The zero-order valence-electron chi connectivity index (χ0n) is 20.5. The third-order valence-corrected chi connectivity index (χ3v) is 6.25. The average Bonchev–Trinajstić information content (AvgIpc) is 3.22. The largest absolute Gasteiger partial charge is 0.462 e. The van der Waals surface area contributed by atoms with Gasteiger partial charge in [0.2, 0.25) is 5.91 Å². The van der Waals surface area contributed by atoms with Crippen molar-refractivity contribution < 1.29 is 9.53 Å². The molecule has 10 nitrogen and oxygen atoms in total. The molecule has 182 valence electrons. The minimum absolute atomic E-state index is 0.103. The Balaban J connectivity index is 1.47. The fourth-order valence-corrected chi connectivity index (χ4v) is 4.38. The van der Waals surface area contributed by atoms with Crippen LogP contribution in [0.1, 0.15) is 49.4 Å². The molecule has 0 aromatic carbocycles. The summed E-state index contributed by atoms with van der Waals surface area (Å²) in [5.41, 5.74) is 9.67. The van der Waals surface area contributed by atoms with Crippen molar-refractivity contribution in [1.29, 1.82) is 0 Å². The Labute approximate surface area is 200 Å². The number of piperidine rings is 1. The number of nitrogens with zero attached hydrogens (tertiary/aromatic N) is 7. The third kappa shape index (κ3) is 5.05. The molecule has 3 aromatic rings. The van der Waals surface area contributed by atoms with Crippen molar-refractivity contribution in [2.75, 3.05) is 44.4 Å². The Bertz CT molecular complexity index is 1150. The number of hydrogen-bond acceptors (Lipinski definition) is 8. The molecule has 2 N–H and O–H groups in total. The molecule has 4 heterocycles. The molecule has 0 spiro atoms. The smallest absolute Gasteiger partial charge is 0.336 e. The van der Waals surface area contributed by atoms with Crippen LogP contribution in [-0.4, -0.2) is 69.2 Å². The van der Waals surface area contributed by atoms with Gasteiger partial charge in [-0.2, -0.15) is 4.98 Å². The van der Waals surface area contributed by atoms with Crippen LogP contribution in [0.15, 0.2) is 18.5 Å². The van der Waals surface area contributed by atoms with E-state index in [1.165, 1.54) is 0 Å². The number of aromatic nitrogens is 5. The summed E-state index contributed by atoms with van der Waals surface area (Å²) in [4.78, 5) is 29.6. The summed E-state index contributed by atoms with van der Waals surface area (Å²) in [6, 6.07) is 2.42. The highest BCUT2D eigenvalue weighted by Gasteiger charge is 2.27. The van der Waals surface area contributed by atoms with Gasteiger partial charge >= 0.3 is 6.01 Å². The van der Waals surface area contributed by atoms with Crippen LogP contribution in [0.25, 0.3) is 5.65 Å². The number of hydrogen-bond donors (Lipinski definition) is 1. The maximum atomic E-state index is 12.3. The summed E-state index contributed by atoms with van der Waals surface area (Å²) in [5.74, 6) is 1.60. The first kappa shape index (κ1) is 23.7. The van der Waals surface area contributed by atoms with Gasteiger partial charge in [-0.1, -0.05) is 19.4 Å². The van der Waals surface area contributed by atoms with Crippen LogP contribution in [0, 0.1) is 12.8 Å².